The summed E-state index contributed by atoms with van der Waals surface area (Å²) in [4.78, 5) is 62.5. The predicted molar refractivity (Wildman–Crippen MR) is 134 cm³/mol. The predicted octanol–water partition coefficient (Wildman–Crippen LogP) is -0.194. The quantitative estimate of drug-likeness (QED) is 0.209. The number of thiophene rings is 1. The van der Waals surface area contributed by atoms with Crippen LogP contribution in [0.2, 0.25) is 0 Å². The van der Waals surface area contributed by atoms with Crippen molar-refractivity contribution in [3.05, 3.63) is 27.6 Å². The summed E-state index contributed by atoms with van der Waals surface area (Å²) in [6.07, 6.45) is -0.121. The zero-order chi connectivity index (χ0) is 26.7. The number of carbonyl (C=O) groups is 5. The van der Waals surface area contributed by atoms with Gasteiger partial charge in [0.2, 0.25) is 11.1 Å². The van der Waals surface area contributed by atoms with E-state index in [4.69, 9.17) is 0 Å². The van der Waals surface area contributed by atoms with E-state index in [0.717, 1.165) is 0 Å². The Morgan fingerprint density at radius 1 is 1.27 bits per heavy atom. The van der Waals surface area contributed by atoms with Crippen molar-refractivity contribution in [2.24, 2.45) is 7.05 Å². The van der Waals surface area contributed by atoms with Crippen LogP contribution in [0.25, 0.3) is 0 Å². The first kappa shape index (κ1) is 26.4. The second kappa shape index (κ2) is 11.2. The van der Waals surface area contributed by atoms with E-state index in [9.17, 15) is 29.1 Å². The number of aryl methyl sites for hydroxylation is 1. The molecule has 2 aromatic heterocycles. The number of anilines is 1. The van der Waals surface area contributed by atoms with Crippen molar-refractivity contribution in [3.63, 3.8) is 0 Å². The average Bonchev–Trinajstić information content (AvgIpc) is 3.48. The molecule has 0 bridgehead atoms. The summed E-state index contributed by atoms with van der Waals surface area (Å²) < 4.78 is 1.47. The summed E-state index contributed by atoms with van der Waals surface area (Å²) >= 11 is 3.85. The van der Waals surface area contributed by atoms with Gasteiger partial charge in [0.1, 0.15) is 17.1 Å². The fraction of sp³-hybridized carbons (Fsp3) is 0.368. The second-order valence-electron chi connectivity index (χ2n) is 7.68. The van der Waals surface area contributed by atoms with Crippen molar-refractivity contribution in [3.8, 4) is 0 Å². The smallest absolute Gasteiger partial charge is 0.352 e. The number of imide groups is 1. The highest BCUT2D eigenvalue weighted by molar-refractivity contribution is 8.01. The van der Waals surface area contributed by atoms with Crippen molar-refractivity contribution < 1.29 is 29.1 Å². The fourth-order valence-corrected chi connectivity index (χ4v) is 6.73. The molecule has 2 aliphatic rings. The van der Waals surface area contributed by atoms with Crippen LogP contribution in [-0.4, -0.2) is 90.0 Å². The lowest BCUT2D eigenvalue weighted by Gasteiger charge is -2.49. The summed E-state index contributed by atoms with van der Waals surface area (Å²) in [6.45, 7) is 0. The van der Waals surface area contributed by atoms with Gasteiger partial charge in [-0.3, -0.25) is 19.8 Å². The monoisotopic (exact) mass is 567 g/mol. The second-order valence-corrected chi connectivity index (χ2v) is 10.7. The molecule has 0 aromatic carbocycles. The Morgan fingerprint density at radius 3 is 2.73 bits per heavy atom. The number of rotatable bonds is 8. The molecule has 0 spiro atoms. The molecule has 2 unspecified atom stereocenters. The molecule has 37 heavy (non-hydrogen) atoms. The van der Waals surface area contributed by atoms with E-state index in [0.29, 0.717) is 27.0 Å². The van der Waals surface area contributed by atoms with Crippen LogP contribution in [0.1, 0.15) is 4.88 Å². The number of fused-ring (bicyclic) bond motifs is 1. The van der Waals surface area contributed by atoms with Crippen LogP contribution in [0.3, 0.4) is 0 Å². The number of aromatic nitrogens is 4. The molecule has 15 nitrogen and oxygen atoms in total. The Balaban J connectivity index is 1.37. The molecule has 1 saturated heterocycles. The standard InChI is InChI=1S/C19H21N9O6S3/c1-20-17(33)23-18(34)21-9-3-4-35-10(9)5-11(29)22-12-14(30)28-13(16(31)32)8(6-36-15(12)28)7-37-19-24-25-26-27(19)2/h3-4,12,15H,5-7H2,1-2H3,(H,22,29)(H,31,32)(H3,20,21,23,33,34). The Hall–Kier alpha value is -3.64. The topological polar surface area (TPSA) is 201 Å². The normalized spacial score (nSPS) is 18.5. The first-order valence-electron chi connectivity index (χ1n) is 10.6. The molecule has 2 atom stereocenters. The SMILES string of the molecule is CNC(=O)NC(=O)Nc1ccsc1CC(=O)NC1C(=O)N2C(C(=O)O)=C(CSc3nnnn3C)CSC12. The number of β-lactam (4-membered cyclic amide) rings is 1. The van der Waals surface area contributed by atoms with Gasteiger partial charge in [-0.05, 0) is 27.4 Å². The number of aliphatic carboxylic acids is 1. The molecule has 5 N–H and O–H groups in total. The molecule has 0 saturated carbocycles. The number of amides is 6. The largest absolute Gasteiger partial charge is 0.477 e. The molecule has 0 radical (unpaired) electrons. The molecule has 6 amide bonds. The summed E-state index contributed by atoms with van der Waals surface area (Å²) in [7, 11) is 3.03. The van der Waals surface area contributed by atoms with Crippen molar-refractivity contribution in [2.75, 3.05) is 23.9 Å². The Morgan fingerprint density at radius 2 is 2.05 bits per heavy atom. The van der Waals surface area contributed by atoms with Gasteiger partial charge in [-0.25, -0.2) is 19.1 Å². The summed E-state index contributed by atoms with van der Waals surface area (Å²) in [5, 5.41) is 32.1. The van der Waals surface area contributed by atoms with Crippen LogP contribution in [-0.2, 0) is 27.9 Å². The molecule has 4 rings (SSSR count). The zero-order valence-corrected chi connectivity index (χ0v) is 21.8. The number of tetrazole rings is 1. The molecule has 2 aliphatic heterocycles. The highest BCUT2D eigenvalue weighted by atomic mass is 32.2. The van der Waals surface area contributed by atoms with E-state index in [1.54, 1.807) is 18.5 Å². The third-order valence-electron chi connectivity index (χ3n) is 5.29. The minimum absolute atomic E-state index is 0.0891. The summed E-state index contributed by atoms with van der Waals surface area (Å²) in [5.41, 5.74) is 0.824. The van der Waals surface area contributed by atoms with Gasteiger partial charge in [0.05, 0.1) is 12.1 Å². The first-order valence-corrected chi connectivity index (χ1v) is 13.5. The molecule has 18 heteroatoms. The Kier molecular flexibility index (Phi) is 7.98. The van der Waals surface area contributed by atoms with E-state index < -0.39 is 41.3 Å². The van der Waals surface area contributed by atoms with Gasteiger partial charge >= 0.3 is 18.0 Å². The van der Waals surface area contributed by atoms with Crippen LogP contribution in [0.15, 0.2) is 27.9 Å². The van der Waals surface area contributed by atoms with Gasteiger partial charge in [-0.15, -0.1) is 28.2 Å². The molecular formula is C19H21N9O6S3. The lowest BCUT2D eigenvalue weighted by atomic mass is 10.0. The van der Waals surface area contributed by atoms with Gasteiger partial charge < -0.3 is 21.1 Å². The number of hydrogen-bond acceptors (Lipinski definition) is 11. The van der Waals surface area contributed by atoms with Crippen molar-refractivity contribution in [1.82, 2.24) is 41.1 Å². The Bertz CT molecular complexity index is 1290. The van der Waals surface area contributed by atoms with Crippen LogP contribution in [0, 0.1) is 0 Å². The highest BCUT2D eigenvalue weighted by Gasteiger charge is 2.54. The van der Waals surface area contributed by atoms with E-state index in [1.165, 1.54) is 51.5 Å². The van der Waals surface area contributed by atoms with E-state index in [2.05, 4.69) is 36.8 Å². The number of carboxylic acids is 1. The van der Waals surface area contributed by atoms with Crippen molar-refractivity contribution in [1.29, 1.82) is 0 Å². The summed E-state index contributed by atoms with van der Waals surface area (Å²) in [5.74, 6) is -1.55. The van der Waals surface area contributed by atoms with Crippen LogP contribution >= 0.6 is 34.9 Å². The van der Waals surface area contributed by atoms with Crippen LogP contribution in [0.4, 0.5) is 15.3 Å². The number of carboxylic acid groups (broad SMARTS) is 1. The minimum Gasteiger partial charge on any atom is -0.477 e. The van der Waals surface area contributed by atoms with Gasteiger partial charge in [0, 0.05) is 30.5 Å². The lowest BCUT2D eigenvalue weighted by molar-refractivity contribution is -0.150. The van der Waals surface area contributed by atoms with Gasteiger partial charge in [-0.1, -0.05) is 11.8 Å². The minimum atomic E-state index is -1.22. The zero-order valence-electron chi connectivity index (χ0n) is 19.4. The van der Waals surface area contributed by atoms with E-state index in [-0.39, 0.29) is 17.9 Å². The van der Waals surface area contributed by atoms with Crippen molar-refractivity contribution >= 4 is 70.4 Å². The maximum Gasteiger partial charge on any atom is 0.352 e. The molecule has 0 aliphatic carbocycles. The maximum absolute atomic E-state index is 12.9. The van der Waals surface area contributed by atoms with Gasteiger partial charge in [0.25, 0.3) is 5.91 Å². The lowest BCUT2D eigenvalue weighted by Crippen LogP contribution is -2.70. The number of nitrogens with one attached hydrogen (secondary N) is 4. The maximum atomic E-state index is 12.9. The van der Waals surface area contributed by atoms with Crippen molar-refractivity contribution in [2.45, 2.75) is 23.0 Å². The average molecular weight is 568 g/mol. The molecule has 2 aromatic rings. The number of urea groups is 2. The van der Waals surface area contributed by atoms with Gasteiger partial charge in [0.15, 0.2) is 0 Å². The number of thioether (sulfide) groups is 2. The van der Waals surface area contributed by atoms with Crippen LogP contribution in [0.5, 0.6) is 0 Å². The Labute approximate surface area is 221 Å². The third kappa shape index (κ3) is 5.70. The van der Waals surface area contributed by atoms with Crippen LogP contribution < -0.4 is 21.3 Å². The first-order chi connectivity index (χ1) is 17.7. The fourth-order valence-electron chi connectivity index (χ4n) is 3.57. The molecule has 196 valence electrons. The summed E-state index contributed by atoms with van der Waals surface area (Å²) in [6, 6.07) is -0.741. The van der Waals surface area contributed by atoms with E-state index >= 15 is 0 Å². The molecule has 1 fully saturated rings. The van der Waals surface area contributed by atoms with Gasteiger partial charge in [-0.2, -0.15) is 0 Å². The van der Waals surface area contributed by atoms with E-state index in [1.807, 2.05) is 0 Å². The molecular weight excluding hydrogens is 546 g/mol. The number of carbonyl (C=O) groups excluding carboxylic acids is 4. The number of hydrogen-bond donors (Lipinski definition) is 5. The third-order valence-corrected chi connectivity index (χ3v) is 8.65. The highest BCUT2D eigenvalue weighted by Crippen LogP contribution is 2.41. The number of nitrogens with zero attached hydrogens (tertiary/aromatic N) is 5. The molecule has 4 heterocycles.